The first-order valence-electron chi connectivity index (χ1n) is 6.48. The molecule has 0 radical (unpaired) electrons. The van der Waals surface area contributed by atoms with E-state index in [4.69, 9.17) is 11.6 Å². The number of nitrogens with zero attached hydrogens (tertiary/aromatic N) is 1. The zero-order chi connectivity index (χ0) is 13.8. The van der Waals surface area contributed by atoms with Gasteiger partial charge in [-0.25, -0.2) is 0 Å². The Kier molecular flexibility index (Phi) is 4.56. The van der Waals surface area contributed by atoms with Crippen molar-refractivity contribution in [1.29, 1.82) is 0 Å². The average Bonchev–Trinajstić information content (AvgIpc) is 2.39. The minimum Gasteiger partial charge on any atom is -0.388 e. The van der Waals surface area contributed by atoms with E-state index in [1.807, 2.05) is 31.3 Å². The molecular formula is C16H18ClNO. The third-order valence-electron chi connectivity index (χ3n) is 3.29. The lowest BCUT2D eigenvalue weighted by molar-refractivity contribution is 0.176. The molecular weight excluding hydrogens is 258 g/mol. The predicted octanol–water partition coefficient (Wildman–Crippen LogP) is 3.88. The maximum atomic E-state index is 10.3. The van der Waals surface area contributed by atoms with Gasteiger partial charge in [0.05, 0.1) is 6.10 Å². The third-order valence-corrected chi connectivity index (χ3v) is 3.52. The minimum absolute atomic E-state index is 0.520. The van der Waals surface area contributed by atoms with Crippen molar-refractivity contribution in [2.45, 2.75) is 32.8 Å². The van der Waals surface area contributed by atoms with Crippen LogP contribution in [0.15, 0.2) is 36.5 Å². The SMILES string of the molecule is CCc1ccc(CC(O)c2ccc(Cl)cc2C)nc1. The number of aliphatic hydroxyl groups excluding tert-OH is 1. The molecule has 1 N–H and O–H groups in total. The second kappa shape index (κ2) is 6.18. The first kappa shape index (κ1) is 14.0. The zero-order valence-corrected chi connectivity index (χ0v) is 12.0. The Hall–Kier alpha value is -1.38. The van der Waals surface area contributed by atoms with Crippen molar-refractivity contribution in [3.05, 3.63) is 63.9 Å². The molecule has 0 saturated carbocycles. The molecule has 1 aromatic heterocycles. The fraction of sp³-hybridized carbons (Fsp3) is 0.312. The predicted molar refractivity (Wildman–Crippen MR) is 78.5 cm³/mol. The molecule has 2 nitrogen and oxygen atoms in total. The Bertz CT molecular complexity index is 551. The van der Waals surface area contributed by atoms with Gasteiger partial charge in [0, 0.05) is 23.3 Å². The van der Waals surface area contributed by atoms with E-state index in [-0.39, 0.29) is 0 Å². The van der Waals surface area contributed by atoms with E-state index in [1.165, 1.54) is 5.56 Å². The normalized spacial score (nSPS) is 12.4. The maximum absolute atomic E-state index is 10.3. The lowest BCUT2D eigenvalue weighted by atomic mass is 9.99. The first-order chi connectivity index (χ1) is 9.10. The molecule has 1 atom stereocenters. The van der Waals surface area contributed by atoms with Gasteiger partial charge >= 0.3 is 0 Å². The standard InChI is InChI=1S/C16H18ClNO/c1-3-12-4-6-14(18-10-12)9-16(19)15-7-5-13(17)8-11(15)2/h4-8,10,16,19H,3,9H2,1-2H3. The fourth-order valence-corrected chi connectivity index (χ4v) is 2.33. The summed E-state index contributed by atoms with van der Waals surface area (Å²) in [5.41, 5.74) is 4.02. The number of hydrogen-bond donors (Lipinski definition) is 1. The molecule has 2 rings (SSSR count). The van der Waals surface area contributed by atoms with Gasteiger partial charge in [0.15, 0.2) is 0 Å². The van der Waals surface area contributed by atoms with Crippen molar-refractivity contribution in [1.82, 2.24) is 4.98 Å². The van der Waals surface area contributed by atoms with E-state index in [2.05, 4.69) is 18.0 Å². The lowest BCUT2D eigenvalue weighted by Gasteiger charge is -2.13. The molecule has 0 spiro atoms. The van der Waals surface area contributed by atoms with Gasteiger partial charge in [0.25, 0.3) is 0 Å². The number of pyridine rings is 1. The van der Waals surface area contributed by atoms with Crippen LogP contribution in [-0.4, -0.2) is 10.1 Å². The quantitative estimate of drug-likeness (QED) is 0.918. The topological polar surface area (TPSA) is 33.1 Å². The highest BCUT2D eigenvalue weighted by Gasteiger charge is 2.12. The van der Waals surface area contributed by atoms with Crippen LogP contribution in [0.3, 0.4) is 0 Å². The van der Waals surface area contributed by atoms with Crippen LogP contribution in [0.25, 0.3) is 0 Å². The maximum Gasteiger partial charge on any atom is 0.0848 e. The van der Waals surface area contributed by atoms with Gasteiger partial charge in [-0.2, -0.15) is 0 Å². The molecule has 0 fully saturated rings. The molecule has 1 heterocycles. The van der Waals surface area contributed by atoms with E-state index in [0.717, 1.165) is 23.2 Å². The van der Waals surface area contributed by atoms with Crippen LogP contribution in [0.4, 0.5) is 0 Å². The van der Waals surface area contributed by atoms with Gasteiger partial charge in [-0.05, 0) is 48.2 Å². The number of aromatic nitrogens is 1. The van der Waals surface area contributed by atoms with Gasteiger partial charge in [-0.15, -0.1) is 0 Å². The van der Waals surface area contributed by atoms with E-state index >= 15 is 0 Å². The highest BCUT2D eigenvalue weighted by Crippen LogP contribution is 2.23. The van der Waals surface area contributed by atoms with E-state index < -0.39 is 6.10 Å². The van der Waals surface area contributed by atoms with Crippen molar-refractivity contribution in [2.75, 3.05) is 0 Å². The van der Waals surface area contributed by atoms with E-state index in [9.17, 15) is 5.11 Å². The largest absolute Gasteiger partial charge is 0.388 e. The summed E-state index contributed by atoms with van der Waals surface area (Å²) in [6.45, 7) is 4.06. The van der Waals surface area contributed by atoms with Gasteiger partial charge in [-0.1, -0.05) is 30.7 Å². The van der Waals surface area contributed by atoms with Gasteiger partial charge in [0.1, 0.15) is 0 Å². The number of rotatable bonds is 4. The molecule has 0 amide bonds. The highest BCUT2D eigenvalue weighted by atomic mass is 35.5. The number of aliphatic hydroxyl groups is 1. The summed E-state index contributed by atoms with van der Waals surface area (Å²) >= 11 is 5.92. The van der Waals surface area contributed by atoms with Crippen molar-refractivity contribution in [2.24, 2.45) is 0 Å². The summed E-state index contributed by atoms with van der Waals surface area (Å²) < 4.78 is 0. The third kappa shape index (κ3) is 3.55. The average molecular weight is 276 g/mol. The zero-order valence-electron chi connectivity index (χ0n) is 11.2. The smallest absolute Gasteiger partial charge is 0.0848 e. The number of aryl methyl sites for hydroxylation is 2. The van der Waals surface area contributed by atoms with Crippen LogP contribution in [0.1, 0.15) is 35.4 Å². The molecule has 100 valence electrons. The summed E-state index contributed by atoms with van der Waals surface area (Å²) in [7, 11) is 0. The molecule has 1 aromatic carbocycles. The van der Waals surface area contributed by atoms with Crippen LogP contribution in [0, 0.1) is 6.92 Å². The molecule has 2 aromatic rings. The summed E-state index contributed by atoms with van der Waals surface area (Å²) in [4.78, 5) is 4.38. The van der Waals surface area contributed by atoms with Crippen LogP contribution in [-0.2, 0) is 12.8 Å². The van der Waals surface area contributed by atoms with Crippen LogP contribution >= 0.6 is 11.6 Å². The summed E-state index contributed by atoms with van der Waals surface area (Å²) in [5, 5.41) is 11.0. The van der Waals surface area contributed by atoms with E-state index in [1.54, 1.807) is 6.07 Å². The van der Waals surface area contributed by atoms with Gasteiger partial charge < -0.3 is 5.11 Å². The highest BCUT2D eigenvalue weighted by molar-refractivity contribution is 6.30. The summed E-state index contributed by atoms with van der Waals surface area (Å²) in [6.07, 6.45) is 2.83. The molecule has 3 heteroatoms. The summed E-state index contributed by atoms with van der Waals surface area (Å²) in [5.74, 6) is 0. The molecule has 0 aliphatic heterocycles. The molecule has 1 unspecified atom stereocenters. The fourth-order valence-electron chi connectivity index (χ4n) is 2.11. The molecule has 19 heavy (non-hydrogen) atoms. The van der Waals surface area contributed by atoms with Crippen LogP contribution in [0.2, 0.25) is 5.02 Å². The van der Waals surface area contributed by atoms with Crippen molar-refractivity contribution < 1.29 is 5.11 Å². The Morgan fingerprint density at radius 1 is 1.26 bits per heavy atom. The summed E-state index contributed by atoms with van der Waals surface area (Å²) in [6, 6.07) is 9.59. The second-order valence-electron chi connectivity index (χ2n) is 4.73. The Morgan fingerprint density at radius 2 is 2.05 bits per heavy atom. The number of halogens is 1. The second-order valence-corrected chi connectivity index (χ2v) is 5.17. The van der Waals surface area contributed by atoms with Crippen LogP contribution < -0.4 is 0 Å². The number of hydrogen-bond acceptors (Lipinski definition) is 2. The molecule has 0 aliphatic rings. The van der Waals surface area contributed by atoms with Crippen molar-refractivity contribution in [3.63, 3.8) is 0 Å². The molecule has 0 bridgehead atoms. The Morgan fingerprint density at radius 3 is 2.63 bits per heavy atom. The molecule has 0 aliphatic carbocycles. The first-order valence-corrected chi connectivity index (χ1v) is 6.86. The Balaban J connectivity index is 2.13. The van der Waals surface area contributed by atoms with Crippen LogP contribution in [0.5, 0.6) is 0 Å². The van der Waals surface area contributed by atoms with Crippen molar-refractivity contribution in [3.8, 4) is 0 Å². The molecule has 0 saturated heterocycles. The number of benzene rings is 1. The Labute approximate surface area is 119 Å². The van der Waals surface area contributed by atoms with E-state index in [0.29, 0.717) is 11.4 Å². The van der Waals surface area contributed by atoms with Gasteiger partial charge in [-0.3, -0.25) is 4.98 Å². The van der Waals surface area contributed by atoms with Crippen molar-refractivity contribution >= 4 is 11.6 Å². The lowest BCUT2D eigenvalue weighted by Crippen LogP contribution is -2.05. The minimum atomic E-state index is -0.544. The monoisotopic (exact) mass is 275 g/mol. The van der Waals surface area contributed by atoms with Gasteiger partial charge in [0.2, 0.25) is 0 Å².